The maximum absolute atomic E-state index is 12.9. The SMILES string of the molecule is Cc1[nH]nc2nc(-c3ccc(O)cc3)cc(C(=O)NCC3CCCCN3)c12. The summed E-state index contributed by atoms with van der Waals surface area (Å²) in [4.78, 5) is 17.5. The van der Waals surface area contributed by atoms with Crippen LogP contribution in [-0.2, 0) is 0 Å². The van der Waals surface area contributed by atoms with Crippen molar-refractivity contribution in [1.29, 1.82) is 0 Å². The first kappa shape index (κ1) is 17.5. The number of aryl methyl sites for hydroxylation is 1. The summed E-state index contributed by atoms with van der Waals surface area (Å²) in [6.45, 7) is 3.50. The first-order chi connectivity index (χ1) is 13.1. The van der Waals surface area contributed by atoms with Gasteiger partial charge in [-0.15, -0.1) is 0 Å². The third-order valence-electron chi connectivity index (χ3n) is 5.03. The van der Waals surface area contributed by atoms with Crippen LogP contribution in [-0.4, -0.2) is 45.3 Å². The van der Waals surface area contributed by atoms with Crippen molar-refractivity contribution in [2.45, 2.75) is 32.2 Å². The molecule has 0 saturated carbocycles. The fourth-order valence-electron chi connectivity index (χ4n) is 3.54. The van der Waals surface area contributed by atoms with Crippen molar-refractivity contribution in [3.8, 4) is 17.0 Å². The highest BCUT2D eigenvalue weighted by atomic mass is 16.3. The van der Waals surface area contributed by atoms with Crippen molar-refractivity contribution < 1.29 is 9.90 Å². The third-order valence-corrected chi connectivity index (χ3v) is 5.03. The Labute approximate surface area is 157 Å². The Morgan fingerprint density at radius 2 is 2.11 bits per heavy atom. The zero-order valence-electron chi connectivity index (χ0n) is 15.2. The Morgan fingerprint density at radius 3 is 2.85 bits per heavy atom. The van der Waals surface area contributed by atoms with E-state index < -0.39 is 0 Å². The van der Waals surface area contributed by atoms with Crippen LogP contribution in [0.1, 0.15) is 35.3 Å². The van der Waals surface area contributed by atoms with Gasteiger partial charge < -0.3 is 15.7 Å². The quantitative estimate of drug-likeness (QED) is 0.569. The second-order valence-electron chi connectivity index (χ2n) is 7.01. The fourth-order valence-corrected chi connectivity index (χ4v) is 3.54. The van der Waals surface area contributed by atoms with E-state index in [-0.39, 0.29) is 11.7 Å². The maximum Gasteiger partial charge on any atom is 0.252 e. The van der Waals surface area contributed by atoms with E-state index in [4.69, 9.17) is 0 Å². The van der Waals surface area contributed by atoms with Crippen molar-refractivity contribution in [1.82, 2.24) is 25.8 Å². The molecule has 27 heavy (non-hydrogen) atoms. The van der Waals surface area contributed by atoms with E-state index in [1.807, 2.05) is 6.92 Å². The monoisotopic (exact) mass is 365 g/mol. The molecule has 0 spiro atoms. The number of phenols is 1. The molecule has 7 nitrogen and oxygen atoms in total. The van der Waals surface area contributed by atoms with Crippen LogP contribution >= 0.6 is 0 Å². The van der Waals surface area contributed by atoms with Gasteiger partial charge in [-0.2, -0.15) is 5.10 Å². The Hall–Kier alpha value is -2.93. The van der Waals surface area contributed by atoms with Crippen LogP contribution in [0.5, 0.6) is 5.75 Å². The van der Waals surface area contributed by atoms with Crippen LogP contribution < -0.4 is 10.6 Å². The van der Waals surface area contributed by atoms with E-state index >= 15 is 0 Å². The molecule has 7 heteroatoms. The number of amides is 1. The average Bonchev–Trinajstić information content (AvgIpc) is 3.08. The molecule has 0 bridgehead atoms. The van der Waals surface area contributed by atoms with Crippen molar-refractivity contribution >= 4 is 16.9 Å². The van der Waals surface area contributed by atoms with Gasteiger partial charge in [-0.1, -0.05) is 6.42 Å². The summed E-state index contributed by atoms with van der Waals surface area (Å²) in [5.41, 5.74) is 3.35. The first-order valence-corrected chi connectivity index (χ1v) is 9.28. The molecule has 3 aromatic rings. The molecule has 4 N–H and O–H groups in total. The minimum absolute atomic E-state index is 0.126. The van der Waals surface area contributed by atoms with E-state index in [1.165, 1.54) is 12.8 Å². The number of benzene rings is 1. The normalized spacial score (nSPS) is 17.1. The zero-order valence-corrected chi connectivity index (χ0v) is 15.2. The summed E-state index contributed by atoms with van der Waals surface area (Å²) >= 11 is 0. The number of aromatic nitrogens is 3. The number of H-pyrrole nitrogens is 1. The number of rotatable bonds is 4. The van der Waals surface area contributed by atoms with Crippen LogP contribution in [0, 0.1) is 6.92 Å². The molecule has 1 amide bonds. The summed E-state index contributed by atoms with van der Waals surface area (Å²) in [5.74, 6) is 0.0627. The lowest BCUT2D eigenvalue weighted by atomic mass is 10.0. The number of pyridine rings is 1. The van der Waals surface area contributed by atoms with Gasteiger partial charge in [-0.25, -0.2) is 4.98 Å². The van der Waals surface area contributed by atoms with Crippen molar-refractivity contribution in [3.63, 3.8) is 0 Å². The van der Waals surface area contributed by atoms with Gasteiger partial charge in [0.1, 0.15) is 5.75 Å². The van der Waals surface area contributed by atoms with Gasteiger partial charge in [0.25, 0.3) is 5.91 Å². The molecule has 1 saturated heterocycles. The molecule has 2 aromatic heterocycles. The standard InChI is InChI=1S/C20H23N5O2/c1-12-18-16(20(27)22-11-14-4-2-3-9-21-14)10-17(23-19(18)25-24-12)13-5-7-15(26)8-6-13/h5-8,10,14,21,26H,2-4,9,11H2,1H3,(H,22,27)(H,23,24,25). The van der Waals surface area contributed by atoms with Crippen LogP contribution in [0.4, 0.5) is 0 Å². The van der Waals surface area contributed by atoms with Crippen molar-refractivity contribution in [2.24, 2.45) is 0 Å². The fraction of sp³-hybridized carbons (Fsp3) is 0.350. The number of hydrogen-bond donors (Lipinski definition) is 4. The number of phenolic OH excluding ortho intramolecular Hbond substituents is 1. The summed E-state index contributed by atoms with van der Waals surface area (Å²) in [6, 6.07) is 8.87. The van der Waals surface area contributed by atoms with Gasteiger partial charge in [0, 0.05) is 23.8 Å². The average molecular weight is 365 g/mol. The lowest BCUT2D eigenvalue weighted by Gasteiger charge is -2.23. The van der Waals surface area contributed by atoms with Gasteiger partial charge >= 0.3 is 0 Å². The molecule has 1 atom stereocenters. The van der Waals surface area contributed by atoms with Gasteiger partial charge in [-0.3, -0.25) is 9.89 Å². The van der Waals surface area contributed by atoms with E-state index in [9.17, 15) is 9.90 Å². The Morgan fingerprint density at radius 1 is 1.30 bits per heavy atom. The number of fused-ring (bicyclic) bond motifs is 1. The number of carbonyl (C=O) groups is 1. The molecule has 4 rings (SSSR count). The smallest absolute Gasteiger partial charge is 0.252 e. The molecular weight excluding hydrogens is 342 g/mol. The highest BCUT2D eigenvalue weighted by Gasteiger charge is 2.19. The summed E-state index contributed by atoms with van der Waals surface area (Å²) in [6.07, 6.45) is 3.47. The maximum atomic E-state index is 12.9. The largest absolute Gasteiger partial charge is 0.508 e. The first-order valence-electron chi connectivity index (χ1n) is 9.28. The molecule has 1 aliphatic heterocycles. The summed E-state index contributed by atoms with van der Waals surface area (Å²) in [5, 5.41) is 23.9. The topological polar surface area (TPSA) is 103 Å². The lowest BCUT2D eigenvalue weighted by Crippen LogP contribution is -2.43. The van der Waals surface area contributed by atoms with Crippen LogP contribution in [0.15, 0.2) is 30.3 Å². The molecule has 0 radical (unpaired) electrons. The summed E-state index contributed by atoms with van der Waals surface area (Å²) < 4.78 is 0. The number of aromatic hydroxyl groups is 1. The van der Waals surface area contributed by atoms with E-state index in [0.29, 0.717) is 29.5 Å². The van der Waals surface area contributed by atoms with Gasteiger partial charge in [-0.05, 0) is 56.6 Å². The Bertz CT molecular complexity index is 958. The lowest BCUT2D eigenvalue weighted by molar-refractivity contribution is 0.0949. The van der Waals surface area contributed by atoms with Gasteiger partial charge in [0.15, 0.2) is 5.65 Å². The number of aromatic amines is 1. The molecule has 3 heterocycles. The highest BCUT2D eigenvalue weighted by Crippen LogP contribution is 2.26. The van der Waals surface area contributed by atoms with Crippen molar-refractivity contribution in [2.75, 3.05) is 13.1 Å². The van der Waals surface area contributed by atoms with Crippen LogP contribution in [0.2, 0.25) is 0 Å². The molecule has 1 unspecified atom stereocenters. The minimum atomic E-state index is -0.126. The molecule has 1 aliphatic rings. The molecule has 1 fully saturated rings. The highest BCUT2D eigenvalue weighted by molar-refractivity contribution is 6.07. The minimum Gasteiger partial charge on any atom is -0.508 e. The second-order valence-corrected chi connectivity index (χ2v) is 7.01. The number of nitrogens with one attached hydrogen (secondary N) is 3. The second kappa shape index (κ2) is 7.36. The number of carbonyl (C=O) groups excluding carboxylic acids is 1. The third kappa shape index (κ3) is 3.64. The van der Waals surface area contributed by atoms with Crippen molar-refractivity contribution in [3.05, 3.63) is 41.6 Å². The van der Waals surface area contributed by atoms with E-state index in [1.54, 1.807) is 30.3 Å². The Balaban J connectivity index is 1.66. The zero-order chi connectivity index (χ0) is 18.8. The van der Waals surface area contributed by atoms with E-state index in [0.717, 1.165) is 29.6 Å². The van der Waals surface area contributed by atoms with Crippen LogP contribution in [0.3, 0.4) is 0 Å². The van der Waals surface area contributed by atoms with E-state index in [2.05, 4.69) is 25.8 Å². The summed E-state index contributed by atoms with van der Waals surface area (Å²) in [7, 11) is 0. The molecular formula is C20H23N5O2. The molecule has 1 aromatic carbocycles. The number of hydrogen-bond acceptors (Lipinski definition) is 5. The van der Waals surface area contributed by atoms with Crippen LogP contribution in [0.25, 0.3) is 22.3 Å². The van der Waals surface area contributed by atoms with Gasteiger partial charge in [0.05, 0.1) is 16.6 Å². The van der Waals surface area contributed by atoms with Gasteiger partial charge in [0.2, 0.25) is 0 Å². The molecule has 140 valence electrons. The number of nitrogens with zero attached hydrogens (tertiary/aromatic N) is 2. The Kier molecular flexibility index (Phi) is 4.77. The predicted molar refractivity (Wildman–Crippen MR) is 104 cm³/mol. The predicted octanol–water partition coefficient (Wildman–Crippen LogP) is 2.51. The molecule has 0 aliphatic carbocycles. The number of piperidine rings is 1.